The number of rotatable bonds is 10. The van der Waals surface area contributed by atoms with Crippen LogP contribution in [0.3, 0.4) is 0 Å². The van der Waals surface area contributed by atoms with Gasteiger partial charge in [-0.2, -0.15) is 0 Å². The molecule has 0 bridgehead atoms. The Morgan fingerprint density at radius 3 is 2.47 bits per heavy atom. The maximum absolute atomic E-state index is 3.79. The number of likely N-dealkylation sites (tertiary alicyclic amines) is 1. The molecule has 0 amide bonds. The average Bonchev–Trinajstić information content (AvgIpc) is 2.64. The van der Waals surface area contributed by atoms with Crippen molar-refractivity contribution in [3.05, 3.63) is 0 Å². The van der Waals surface area contributed by atoms with Gasteiger partial charge in [-0.3, -0.25) is 0 Å². The van der Waals surface area contributed by atoms with Crippen molar-refractivity contribution in [3.8, 4) is 0 Å². The molecule has 1 saturated heterocycles. The van der Waals surface area contributed by atoms with Gasteiger partial charge in [0.2, 0.25) is 0 Å². The molecule has 114 valence electrons. The van der Waals surface area contributed by atoms with Crippen LogP contribution < -0.4 is 5.32 Å². The van der Waals surface area contributed by atoms with Crippen molar-refractivity contribution in [2.75, 3.05) is 26.2 Å². The molecule has 0 aromatic heterocycles. The molecule has 19 heavy (non-hydrogen) atoms. The monoisotopic (exact) mass is 268 g/mol. The van der Waals surface area contributed by atoms with Crippen LogP contribution in [0.2, 0.25) is 0 Å². The molecule has 1 N–H and O–H groups in total. The first-order valence-electron chi connectivity index (χ1n) is 8.82. The normalized spacial score (nSPS) is 21.5. The van der Waals surface area contributed by atoms with Crippen LogP contribution >= 0.6 is 0 Å². The van der Waals surface area contributed by atoms with Crippen LogP contribution in [0.5, 0.6) is 0 Å². The lowest BCUT2D eigenvalue weighted by atomic mass is 10.1. The topological polar surface area (TPSA) is 15.3 Å². The van der Waals surface area contributed by atoms with Crippen LogP contribution in [0.1, 0.15) is 78.1 Å². The molecule has 0 aromatic rings. The fourth-order valence-corrected chi connectivity index (χ4v) is 3.11. The van der Waals surface area contributed by atoms with E-state index in [1.54, 1.807) is 0 Å². The van der Waals surface area contributed by atoms with Crippen molar-refractivity contribution < 1.29 is 0 Å². The molecule has 0 aromatic carbocycles. The van der Waals surface area contributed by atoms with Gasteiger partial charge >= 0.3 is 0 Å². The summed E-state index contributed by atoms with van der Waals surface area (Å²) in [7, 11) is 0. The lowest BCUT2D eigenvalue weighted by Gasteiger charge is -2.19. The lowest BCUT2D eigenvalue weighted by Crippen LogP contribution is -2.31. The molecule has 1 heterocycles. The summed E-state index contributed by atoms with van der Waals surface area (Å²) in [5.41, 5.74) is 0. The van der Waals surface area contributed by atoms with Crippen LogP contribution in [0.4, 0.5) is 0 Å². The summed E-state index contributed by atoms with van der Waals surface area (Å²) >= 11 is 0. The van der Waals surface area contributed by atoms with Crippen LogP contribution in [0.15, 0.2) is 0 Å². The van der Waals surface area contributed by atoms with Crippen molar-refractivity contribution in [3.63, 3.8) is 0 Å². The molecular weight excluding hydrogens is 232 g/mol. The SMILES string of the molecule is CCCCCCCCNC1CCCN(CCC)CC1. The average molecular weight is 268 g/mol. The van der Waals surface area contributed by atoms with E-state index in [0.717, 1.165) is 6.04 Å². The summed E-state index contributed by atoms with van der Waals surface area (Å²) in [6, 6.07) is 0.789. The second-order valence-corrected chi connectivity index (χ2v) is 6.19. The minimum atomic E-state index is 0.789. The highest BCUT2D eigenvalue weighted by Gasteiger charge is 2.15. The Hall–Kier alpha value is -0.0800. The standard InChI is InChI=1S/C17H36N2/c1-3-5-6-7-8-9-13-18-17-11-10-15-19(14-4-2)16-12-17/h17-18H,3-16H2,1-2H3. The van der Waals surface area contributed by atoms with Gasteiger partial charge in [-0.15, -0.1) is 0 Å². The molecule has 0 radical (unpaired) electrons. The first-order chi connectivity index (χ1) is 9.36. The van der Waals surface area contributed by atoms with Crippen molar-refractivity contribution in [1.82, 2.24) is 10.2 Å². The zero-order chi connectivity index (χ0) is 13.8. The van der Waals surface area contributed by atoms with Crippen molar-refractivity contribution >= 4 is 0 Å². The van der Waals surface area contributed by atoms with E-state index < -0.39 is 0 Å². The Kier molecular flexibility index (Phi) is 10.5. The van der Waals surface area contributed by atoms with E-state index in [4.69, 9.17) is 0 Å². The molecule has 1 unspecified atom stereocenters. The van der Waals surface area contributed by atoms with Gasteiger partial charge in [0.1, 0.15) is 0 Å². The van der Waals surface area contributed by atoms with E-state index in [1.165, 1.54) is 90.4 Å². The Bertz CT molecular complexity index is 194. The Labute approximate surface area is 121 Å². The van der Waals surface area contributed by atoms with Crippen LogP contribution in [0, 0.1) is 0 Å². The number of unbranched alkanes of at least 4 members (excludes halogenated alkanes) is 5. The molecule has 1 rings (SSSR count). The number of hydrogen-bond donors (Lipinski definition) is 1. The van der Waals surface area contributed by atoms with Gasteiger partial charge in [0.05, 0.1) is 0 Å². The summed E-state index contributed by atoms with van der Waals surface area (Å²) in [6.07, 6.45) is 13.9. The number of nitrogens with one attached hydrogen (secondary N) is 1. The van der Waals surface area contributed by atoms with Crippen LogP contribution in [-0.4, -0.2) is 37.1 Å². The van der Waals surface area contributed by atoms with Crippen LogP contribution in [-0.2, 0) is 0 Å². The number of hydrogen-bond acceptors (Lipinski definition) is 2. The van der Waals surface area contributed by atoms with Gasteiger partial charge in [-0.1, -0.05) is 46.0 Å². The second-order valence-electron chi connectivity index (χ2n) is 6.19. The predicted octanol–water partition coefficient (Wildman–Crippen LogP) is 4.20. The van der Waals surface area contributed by atoms with Gasteiger partial charge < -0.3 is 10.2 Å². The molecule has 2 nitrogen and oxygen atoms in total. The maximum Gasteiger partial charge on any atom is 0.00797 e. The summed E-state index contributed by atoms with van der Waals surface area (Å²) in [4.78, 5) is 2.65. The van der Waals surface area contributed by atoms with Gasteiger partial charge in [-0.05, 0) is 58.3 Å². The molecular formula is C17H36N2. The van der Waals surface area contributed by atoms with Crippen LogP contribution in [0.25, 0.3) is 0 Å². The summed E-state index contributed by atoms with van der Waals surface area (Å²) in [6.45, 7) is 9.74. The van der Waals surface area contributed by atoms with Gasteiger partial charge in [0.25, 0.3) is 0 Å². The third kappa shape index (κ3) is 8.65. The molecule has 0 aliphatic carbocycles. The zero-order valence-corrected chi connectivity index (χ0v) is 13.4. The first kappa shape index (κ1) is 17.0. The highest BCUT2D eigenvalue weighted by Crippen LogP contribution is 2.12. The molecule has 1 fully saturated rings. The molecule has 2 heteroatoms. The molecule has 0 saturated carbocycles. The second kappa shape index (κ2) is 11.7. The zero-order valence-electron chi connectivity index (χ0n) is 13.4. The quantitative estimate of drug-likeness (QED) is 0.597. The van der Waals surface area contributed by atoms with E-state index in [2.05, 4.69) is 24.1 Å². The summed E-state index contributed by atoms with van der Waals surface area (Å²) < 4.78 is 0. The van der Waals surface area contributed by atoms with Gasteiger partial charge in [0, 0.05) is 6.04 Å². The van der Waals surface area contributed by atoms with Crippen molar-refractivity contribution in [1.29, 1.82) is 0 Å². The molecule has 1 aliphatic heterocycles. The Balaban J connectivity index is 1.97. The third-order valence-electron chi connectivity index (χ3n) is 4.32. The summed E-state index contributed by atoms with van der Waals surface area (Å²) in [5.74, 6) is 0. The summed E-state index contributed by atoms with van der Waals surface area (Å²) in [5, 5.41) is 3.79. The smallest absolute Gasteiger partial charge is 0.00797 e. The van der Waals surface area contributed by atoms with Gasteiger partial charge in [0.15, 0.2) is 0 Å². The highest BCUT2D eigenvalue weighted by molar-refractivity contribution is 4.74. The van der Waals surface area contributed by atoms with E-state index >= 15 is 0 Å². The van der Waals surface area contributed by atoms with E-state index in [9.17, 15) is 0 Å². The molecule has 1 aliphatic rings. The van der Waals surface area contributed by atoms with Crippen molar-refractivity contribution in [2.24, 2.45) is 0 Å². The van der Waals surface area contributed by atoms with E-state index in [-0.39, 0.29) is 0 Å². The van der Waals surface area contributed by atoms with Gasteiger partial charge in [-0.25, -0.2) is 0 Å². The molecule has 0 spiro atoms. The fraction of sp³-hybridized carbons (Fsp3) is 1.00. The maximum atomic E-state index is 3.79. The number of nitrogens with zero attached hydrogens (tertiary/aromatic N) is 1. The predicted molar refractivity (Wildman–Crippen MR) is 85.7 cm³/mol. The van der Waals surface area contributed by atoms with E-state index in [1.807, 2.05) is 0 Å². The Morgan fingerprint density at radius 2 is 1.68 bits per heavy atom. The lowest BCUT2D eigenvalue weighted by molar-refractivity contribution is 0.282. The fourth-order valence-electron chi connectivity index (χ4n) is 3.11. The molecule has 1 atom stereocenters. The third-order valence-corrected chi connectivity index (χ3v) is 4.32. The minimum Gasteiger partial charge on any atom is -0.314 e. The largest absolute Gasteiger partial charge is 0.314 e. The van der Waals surface area contributed by atoms with E-state index in [0.29, 0.717) is 0 Å². The Morgan fingerprint density at radius 1 is 0.895 bits per heavy atom. The highest BCUT2D eigenvalue weighted by atomic mass is 15.1. The van der Waals surface area contributed by atoms with Crippen molar-refractivity contribution in [2.45, 2.75) is 84.1 Å². The minimum absolute atomic E-state index is 0.789. The first-order valence-corrected chi connectivity index (χ1v) is 8.82.